The topological polar surface area (TPSA) is 49.9 Å². The Hall–Kier alpha value is -2.34. The number of nitrogens with zero attached hydrogens (tertiary/aromatic N) is 2. The van der Waals surface area contributed by atoms with Crippen LogP contribution < -0.4 is 4.74 Å². The van der Waals surface area contributed by atoms with Crippen LogP contribution in [-0.2, 0) is 16.0 Å². The van der Waals surface area contributed by atoms with E-state index in [-0.39, 0.29) is 24.4 Å². The fourth-order valence-electron chi connectivity index (χ4n) is 4.06. The largest absolute Gasteiger partial charge is 0.491 e. The van der Waals surface area contributed by atoms with Gasteiger partial charge < -0.3 is 14.5 Å². The Kier molecular flexibility index (Phi) is 8.35. The Morgan fingerprint density at radius 1 is 1.19 bits per heavy atom. The summed E-state index contributed by atoms with van der Waals surface area (Å²) in [6, 6.07) is 10.2. The van der Waals surface area contributed by atoms with Gasteiger partial charge in [0.1, 0.15) is 12.4 Å². The zero-order valence-corrected chi connectivity index (χ0v) is 20.8. The van der Waals surface area contributed by atoms with E-state index in [0.717, 1.165) is 18.6 Å². The molecule has 1 aliphatic heterocycles. The molecule has 0 bridgehead atoms. The zero-order valence-electron chi connectivity index (χ0n) is 20.0. The van der Waals surface area contributed by atoms with Crippen LogP contribution >= 0.6 is 11.3 Å². The molecule has 3 rings (SSSR count). The molecule has 32 heavy (non-hydrogen) atoms. The lowest BCUT2D eigenvalue weighted by molar-refractivity contribution is -0.142. The van der Waals surface area contributed by atoms with Crippen LogP contribution in [-0.4, -0.2) is 47.9 Å². The standard InChI is InChI=1S/C26H36N2O3S/c1-6-19(4)15-27(20(5)29)16-26(30)28-13-11-25-23(12-14-32-25)24(28)17-31-22-9-7-21(8-10-22)18(2)3/h7-10,12,14,18-19,24H,6,11,13,15-17H2,1-5H3/t19-,24+/m1/s1. The van der Waals surface area contributed by atoms with Crippen LogP contribution in [0.2, 0.25) is 0 Å². The third-order valence-corrected chi connectivity index (χ3v) is 7.37. The first kappa shape index (κ1) is 24.3. The van der Waals surface area contributed by atoms with Crippen LogP contribution in [0.25, 0.3) is 0 Å². The van der Waals surface area contributed by atoms with Gasteiger partial charge in [-0.25, -0.2) is 0 Å². The average molecular weight is 457 g/mol. The maximum atomic E-state index is 13.3. The van der Waals surface area contributed by atoms with Crippen LogP contribution in [0, 0.1) is 5.92 Å². The van der Waals surface area contributed by atoms with Gasteiger partial charge in [-0.15, -0.1) is 11.3 Å². The van der Waals surface area contributed by atoms with Crippen molar-refractivity contribution in [3.63, 3.8) is 0 Å². The molecule has 0 radical (unpaired) electrons. The maximum absolute atomic E-state index is 13.3. The molecule has 2 atom stereocenters. The summed E-state index contributed by atoms with van der Waals surface area (Å²) < 4.78 is 6.15. The van der Waals surface area contributed by atoms with Crippen molar-refractivity contribution >= 4 is 23.2 Å². The fourth-order valence-corrected chi connectivity index (χ4v) is 4.99. The van der Waals surface area contributed by atoms with Gasteiger partial charge in [0.15, 0.2) is 0 Å². The summed E-state index contributed by atoms with van der Waals surface area (Å²) in [5.41, 5.74) is 2.45. The minimum atomic E-state index is -0.139. The Labute approximate surface area is 196 Å². The van der Waals surface area contributed by atoms with Crippen molar-refractivity contribution in [2.45, 2.75) is 59.4 Å². The lowest BCUT2D eigenvalue weighted by atomic mass is 10.00. The Morgan fingerprint density at radius 2 is 1.91 bits per heavy atom. The number of benzene rings is 1. The minimum absolute atomic E-state index is 0.0101. The van der Waals surface area contributed by atoms with E-state index in [9.17, 15) is 9.59 Å². The molecule has 0 saturated heterocycles. The van der Waals surface area contributed by atoms with E-state index in [1.165, 1.54) is 16.0 Å². The maximum Gasteiger partial charge on any atom is 0.242 e. The number of thiophene rings is 1. The van der Waals surface area contributed by atoms with E-state index >= 15 is 0 Å². The lowest BCUT2D eigenvalue weighted by Gasteiger charge is -2.37. The highest BCUT2D eigenvalue weighted by Gasteiger charge is 2.33. The molecule has 0 spiro atoms. The van der Waals surface area contributed by atoms with E-state index in [1.54, 1.807) is 23.2 Å². The van der Waals surface area contributed by atoms with Crippen molar-refractivity contribution in [3.05, 3.63) is 51.7 Å². The van der Waals surface area contributed by atoms with E-state index in [1.807, 2.05) is 17.0 Å². The molecule has 1 aromatic heterocycles. The summed E-state index contributed by atoms with van der Waals surface area (Å²) in [6.45, 7) is 11.9. The summed E-state index contributed by atoms with van der Waals surface area (Å²) in [4.78, 5) is 30.4. The number of carbonyl (C=O) groups excluding carboxylic acids is 2. The molecule has 174 valence electrons. The normalized spacial score (nSPS) is 16.6. The van der Waals surface area contributed by atoms with E-state index in [4.69, 9.17) is 4.74 Å². The predicted octanol–water partition coefficient (Wildman–Crippen LogP) is 5.27. The number of fused-ring (bicyclic) bond motifs is 1. The second-order valence-electron chi connectivity index (χ2n) is 9.10. The van der Waals surface area contributed by atoms with Gasteiger partial charge in [0.2, 0.25) is 11.8 Å². The summed E-state index contributed by atoms with van der Waals surface area (Å²) >= 11 is 1.74. The van der Waals surface area contributed by atoms with Crippen LogP contribution in [0.4, 0.5) is 0 Å². The molecular formula is C26H36N2O3S. The number of ether oxygens (including phenoxy) is 1. The first-order chi connectivity index (χ1) is 15.3. The number of amides is 2. The van der Waals surface area contributed by atoms with Crippen molar-refractivity contribution in [2.24, 2.45) is 5.92 Å². The summed E-state index contributed by atoms with van der Waals surface area (Å²) in [7, 11) is 0. The Bertz CT molecular complexity index is 906. The van der Waals surface area contributed by atoms with Gasteiger partial charge >= 0.3 is 0 Å². The van der Waals surface area contributed by atoms with Gasteiger partial charge in [0, 0.05) is 24.9 Å². The summed E-state index contributed by atoms with van der Waals surface area (Å²) in [5, 5.41) is 2.09. The molecule has 6 heteroatoms. The quantitative estimate of drug-likeness (QED) is 0.516. The molecule has 1 aromatic carbocycles. The summed E-state index contributed by atoms with van der Waals surface area (Å²) in [6.07, 6.45) is 1.83. The fraction of sp³-hybridized carbons (Fsp3) is 0.538. The Morgan fingerprint density at radius 3 is 2.53 bits per heavy atom. The van der Waals surface area contributed by atoms with Gasteiger partial charge in [-0.05, 0) is 53.0 Å². The third-order valence-electron chi connectivity index (χ3n) is 6.37. The van der Waals surface area contributed by atoms with Gasteiger partial charge in [-0.1, -0.05) is 46.2 Å². The predicted molar refractivity (Wildman–Crippen MR) is 130 cm³/mol. The van der Waals surface area contributed by atoms with Crippen molar-refractivity contribution in [2.75, 3.05) is 26.2 Å². The highest BCUT2D eigenvalue weighted by atomic mass is 32.1. The number of rotatable bonds is 9. The molecule has 1 aliphatic rings. The molecule has 5 nitrogen and oxygen atoms in total. The number of hydrogen-bond donors (Lipinski definition) is 0. The molecule has 0 unspecified atom stereocenters. The van der Waals surface area contributed by atoms with Crippen molar-refractivity contribution < 1.29 is 14.3 Å². The SMILES string of the molecule is CC[C@@H](C)CN(CC(=O)N1CCc2sccc2[C@@H]1COc1ccc(C(C)C)cc1)C(C)=O. The number of hydrogen-bond acceptors (Lipinski definition) is 4. The van der Waals surface area contributed by atoms with Crippen molar-refractivity contribution in [1.82, 2.24) is 9.80 Å². The average Bonchev–Trinajstić information content (AvgIpc) is 3.26. The molecule has 2 heterocycles. The second-order valence-corrected chi connectivity index (χ2v) is 10.1. The first-order valence-corrected chi connectivity index (χ1v) is 12.5. The smallest absolute Gasteiger partial charge is 0.242 e. The zero-order chi connectivity index (χ0) is 23.3. The minimum Gasteiger partial charge on any atom is -0.491 e. The van der Waals surface area contributed by atoms with Gasteiger partial charge in [-0.2, -0.15) is 0 Å². The van der Waals surface area contributed by atoms with Crippen LogP contribution in [0.15, 0.2) is 35.7 Å². The summed E-state index contributed by atoms with van der Waals surface area (Å²) in [5.74, 6) is 1.59. The van der Waals surface area contributed by atoms with E-state index in [0.29, 0.717) is 31.5 Å². The molecule has 0 aliphatic carbocycles. The van der Waals surface area contributed by atoms with E-state index in [2.05, 4.69) is 51.3 Å². The van der Waals surface area contributed by atoms with Crippen LogP contribution in [0.1, 0.15) is 69.0 Å². The third kappa shape index (κ3) is 5.91. The van der Waals surface area contributed by atoms with E-state index < -0.39 is 0 Å². The van der Waals surface area contributed by atoms with Gasteiger partial charge in [-0.3, -0.25) is 9.59 Å². The first-order valence-electron chi connectivity index (χ1n) is 11.6. The van der Waals surface area contributed by atoms with Crippen LogP contribution in [0.3, 0.4) is 0 Å². The molecular weight excluding hydrogens is 420 g/mol. The van der Waals surface area contributed by atoms with Gasteiger partial charge in [0.25, 0.3) is 0 Å². The second kappa shape index (κ2) is 11.0. The van der Waals surface area contributed by atoms with Gasteiger partial charge in [0.05, 0.1) is 12.6 Å². The lowest BCUT2D eigenvalue weighted by Crippen LogP contribution is -2.48. The highest BCUT2D eigenvalue weighted by molar-refractivity contribution is 7.10. The molecule has 0 fully saturated rings. The molecule has 2 amide bonds. The van der Waals surface area contributed by atoms with Crippen molar-refractivity contribution in [1.29, 1.82) is 0 Å². The highest BCUT2D eigenvalue weighted by Crippen LogP contribution is 2.34. The molecule has 2 aromatic rings. The Balaban J connectivity index is 1.73. The number of carbonyl (C=O) groups is 2. The van der Waals surface area contributed by atoms with Crippen molar-refractivity contribution in [3.8, 4) is 5.75 Å². The molecule has 0 N–H and O–H groups in total. The monoisotopic (exact) mass is 456 g/mol. The van der Waals surface area contributed by atoms with Crippen LogP contribution in [0.5, 0.6) is 5.75 Å². The molecule has 0 saturated carbocycles.